The highest BCUT2D eigenvalue weighted by atomic mass is 32.2. The number of aromatic nitrogens is 2. The Morgan fingerprint density at radius 1 is 1.30 bits per heavy atom. The number of hydrogen-bond acceptors (Lipinski definition) is 5. The third kappa shape index (κ3) is 4.01. The summed E-state index contributed by atoms with van der Waals surface area (Å²) in [6, 6.07) is 3.00. The smallest absolute Gasteiger partial charge is 0.243 e. The van der Waals surface area contributed by atoms with E-state index in [1.165, 1.54) is 12.1 Å². The van der Waals surface area contributed by atoms with E-state index in [1.807, 2.05) is 6.26 Å². The fraction of sp³-hybridized carbons (Fsp3) is 0.385. The van der Waals surface area contributed by atoms with Gasteiger partial charge in [-0.15, -0.1) is 0 Å². The third-order valence-electron chi connectivity index (χ3n) is 2.72. The lowest BCUT2D eigenvalue weighted by Gasteiger charge is -2.03. The van der Waals surface area contributed by atoms with E-state index in [9.17, 15) is 8.78 Å². The van der Waals surface area contributed by atoms with Crippen LogP contribution in [-0.2, 0) is 6.42 Å². The molecule has 0 saturated heterocycles. The molecule has 1 heterocycles. The number of nitrogens with zero attached hydrogens (tertiary/aromatic N) is 2. The fourth-order valence-electron chi connectivity index (χ4n) is 1.75. The molecule has 0 aliphatic carbocycles. The van der Waals surface area contributed by atoms with E-state index in [0.29, 0.717) is 17.3 Å². The standard InChI is InChI=1S/C13H15F2N3OS/c1-20-3-2-11(16)13-17-12(18-19-13)6-8-4-9(14)7-10(15)5-8/h4-5,7,11H,2-3,6,16H2,1H3/t11-/m0/s1. The highest BCUT2D eigenvalue weighted by molar-refractivity contribution is 7.98. The molecule has 2 N–H and O–H groups in total. The molecular weight excluding hydrogens is 284 g/mol. The maximum Gasteiger partial charge on any atom is 0.243 e. The normalized spacial score (nSPS) is 12.6. The Kier molecular flexibility index (Phi) is 5.08. The van der Waals surface area contributed by atoms with Gasteiger partial charge < -0.3 is 10.3 Å². The Labute approximate surface area is 119 Å². The summed E-state index contributed by atoms with van der Waals surface area (Å²) in [6.07, 6.45) is 2.93. The first-order valence-corrected chi connectivity index (χ1v) is 7.50. The van der Waals surface area contributed by atoms with Gasteiger partial charge in [-0.25, -0.2) is 8.78 Å². The third-order valence-corrected chi connectivity index (χ3v) is 3.36. The minimum atomic E-state index is -0.625. The lowest BCUT2D eigenvalue weighted by molar-refractivity contribution is 0.349. The van der Waals surface area contributed by atoms with Crippen LogP contribution < -0.4 is 5.73 Å². The van der Waals surface area contributed by atoms with E-state index >= 15 is 0 Å². The van der Waals surface area contributed by atoms with Crippen LogP contribution in [-0.4, -0.2) is 22.1 Å². The average Bonchev–Trinajstić information content (AvgIpc) is 2.83. The molecule has 0 bridgehead atoms. The quantitative estimate of drug-likeness (QED) is 0.888. The number of rotatable bonds is 6. The first-order valence-electron chi connectivity index (χ1n) is 6.10. The predicted molar refractivity (Wildman–Crippen MR) is 73.4 cm³/mol. The van der Waals surface area contributed by atoms with Gasteiger partial charge in [0.05, 0.1) is 6.04 Å². The van der Waals surface area contributed by atoms with Crippen molar-refractivity contribution in [2.24, 2.45) is 5.73 Å². The van der Waals surface area contributed by atoms with Crippen LogP contribution in [0.2, 0.25) is 0 Å². The maximum atomic E-state index is 13.1. The molecule has 0 unspecified atom stereocenters. The van der Waals surface area contributed by atoms with Gasteiger partial charge in [0.25, 0.3) is 0 Å². The summed E-state index contributed by atoms with van der Waals surface area (Å²) in [7, 11) is 0. The number of thioether (sulfide) groups is 1. The minimum Gasteiger partial charge on any atom is -0.338 e. The van der Waals surface area contributed by atoms with Gasteiger partial charge in [0.1, 0.15) is 11.6 Å². The molecular formula is C13H15F2N3OS. The Morgan fingerprint density at radius 3 is 2.65 bits per heavy atom. The molecule has 2 aromatic rings. The Hall–Kier alpha value is -1.47. The lowest BCUT2D eigenvalue weighted by atomic mass is 10.1. The van der Waals surface area contributed by atoms with Crippen LogP contribution >= 0.6 is 11.8 Å². The second-order valence-corrected chi connectivity index (χ2v) is 5.38. The summed E-state index contributed by atoms with van der Waals surface area (Å²) in [6.45, 7) is 0. The van der Waals surface area contributed by atoms with Gasteiger partial charge in [-0.1, -0.05) is 5.16 Å². The summed E-state index contributed by atoms with van der Waals surface area (Å²) in [5.41, 5.74) is 6.36. The molecule has 1 aromatic carbocycles. The molecule has 0 aliphatic rings. The monoisotopic (exact) mass is 299 g/mol. The molecule has 1 aromatic heterocycles. The molecule has 0 radical (unpaired) electrons. The zero-order valence-corrected chi connectivity index (χ0v) is 11.8. The minimum absolute atomic E-state index is 0.202. The summed E-state index contributed by atoms with van der Waals surface area (Å²) in [5.74, 6) is 0.366. The number of nitrogens with two attached hydrogens (primary N) is 1. The molecule has 0 aliphatic heterocycles. The maximum absolute atomic E-state index is 13.1. The molecule has 7 heteroatoms. The van der Waals surface area contributed by atoms with Gasteiger partial charge in [0.2, 0.25) is 5.89 Å². The van der Waals surface area contributed by atoms with E-state index in [0.717, 1.165) is 18.2 Å². The SMILES string of the molecule is CSCC[C@H](N)c1nc(Cc2cc(F)cc(F)c2)no1. The number of halogens is 2. The van der Waals surface area contributed by atoms with Crippen molar-refractivity contribution < 1.29 is 13.3 Å². The van der Waals surface area contributed by atoms with E-state index < -0.39 is 11.6 Å². The Balaban J connectivity index is 2.05. The molecule has 0 fully saturated rings. The van der Waals surface area contributed by atoms with Gasteiger partial charge in [0, 0.05) is 12.5 Å². The van der Waals surface area contributed by atoms with Crippen molar-refractivity contribution in [3.05, 3.63) is 47.1 Å². The fourth-order valence-corrected chi connectivity index (χ4v) is 2.24. The average molecular weight is 299 g/mol. The van der Waals surface area contributed by atoms with Crippen molar-refractivity contribution in [3.8, 4) is 0 Å². The molecule has 0 spiro atoms. The van der Waals surface area contributed by atoms with Crippen molar-refractivity contribution in [3.63, 3.8) is 0 Å². The molecule has 2 rings (SSSR count). The van der Waals surface area contributed by atoms with E-state index in [4.69, 9.17) is 10.3 Å². The Morgan fingerprint density at radius 2 is 2.00 bits per heavy atom. The molecule has 108 valence electrons. The van der Waals surface area contributed by atoms with Crippen LogP contribution in [0.5, 0.6) is 0 Å². The van der Waals surface area contributed by atoms with Crippen LogP contribution in [0.15, 0.2) is 22.7 Å². The van der Waals surface area contributed by atoms with Gasteiger partial charge in [0.15, 0.2) is 5.82 Å². The molecule has 0 amide bonds. The first-order chi connectivity index (χ1) is 9.58. The first kappa shape index (κ1) is 14.9. The van der Waals surface area contributed by atoms with Crippen molar-refractivity contribution in [1.82, 2.24) is 10.1 Å². The summed E-state index contributed by atoms with van der Waals surface area (Å²) >= 11 is 1.68. The van der Waals surface area contributed by atoms with Crippen molar-refractivity contribution in [2.75, 3.05) is 12.0 Å². The van der Waals surface area contributed by atoms with Crippen LogP contribution in [0, 0.1) is 11.6 Å². The Bertz CT molecular complexity index is 556. The lowest BCUT2D eigenvalue weighted by Crippen LogP contribution is -2.11. The van der Waals surface area contributed by atoms with Crippen molar-refractivity contribution >= 4 is 11.8 Å². The number of hydrogen-bond donors (Lipinski definition) is 1. The van der Waals surface area contributed by atoms with Crippen LogP contribution in [0.1, 0.15) is 29.7 Å². The highest BCUT2D eigenvalue weighted by Gasteiger charge is 2.15. The highest BCUT2D eigenvalue weighted by Crippen LogP contribution is 2.16. The number of benzene rings is 1. The molecule has 0 saturated carbocycles. The van der Waals surface area contributed by atoms with E-state index in [-0.39, 0.29) is 12.5 Å². The zero-order valence-electron chi connectivity index (χ0n) is 11.0. The second-order valence-electron chi connectivity index (χ2n) is 4.39. The predicted octanol–water partition coefficient (Wildman–Crippen LogP) is 2.69. The van der Waals surface area contributed by atoms with Gasteiger partial charge in [-0.3, -0.25) is 0 Å². The van der Waals surface area contributed by atoms with Crippen molar-refractivity contribution in [2.45, 2.75) is 18.9 Å². The summed E-state index contributed by atoms with van der Waals surface area (Å²) < 4.78 is 31.2. The second kappa shape index (κ2) is 6.81. The van der Waals surface area contributed by atoms with Crippen molar-refractivity contribution in [1.29, 1.82) is 0 Å². The largest absolute Gasteiger partial charge is 0.338 e. The summed E-state index contributed by atoms with van der Waals surface area (Å²) in [5, 5.41) is 3.78. The van der Waals surface area contributed by atoms with Crippen LogP contribution in [0.4, 0.5) is 8.78 Å². The van der Waals surface area contributed by atoms with E-state index in [2.05, 4.69) is 10.1 Å². The summed E-state index contributed by atoms with van der Waals surface area (Å²) in [4.78, 5) is 4.16. The van der Waals surface area contributed by atoms with Gasteiger partial charge >= 0.3 is 0 Å². The molecule has 4 nitrogen and oxygen atoms in total. The van der Waals surface area contributed by atoms with Gasteiger partial charge in [-0.05, 0) is 36.1 Å². The van der Waals surface area contributed by atoms with Crippen LogP contribution in [0.25, 0.3) is 0 Å². The zero-order chi connectivity index (χ0) is 14.5. The topological polar surface area (TPSA) is 64.9 Å². The van der Waals surface area contributed by atoms with Gasteiger partial charge in [-0.2, -0.15) is 16.7 Å². The molecule has 20 heavy (non-hydrogen) atoms. The van der Waals surface area contributed by atoms with E-state index in [1.54, 1.807) is 11.8 Å². The molecule has 1 atom stereocenters. The van der Waals surface area contributed by atoms with Crippen LogP contribution in [0.3, 0.4) is 0 Å².